The number of primary sulfonamides is 1. The number of carbonyl (C=O) groups excluding carboxylic acids is 1. The second-order valence-electron chi connectivity index (χ2n) is 8.32. The molecule has 1 aliphatic rings. The molecule has 0 bridgehead atoms. The van der Waals surface area contributed by atoms with Crippen molar-refractivity contribution < 1.29 is 22.7 Å². The minimum absolute atomic E-state index is 0.00193. The fraction of sp³-hybridized carbons (Fsp3) is 0.240. The van der Waals surface area contributed by atoms with Crippen molar-refractivity contribution in [3.8, 4) is 17.2 Å². The molecule has 0 saturated carbocycles. The van der Waals surface area contributed by atoms with Gasteiger partial charge in [-0.05, 0) is 73.5 Å². The minimum Gasteiger partial charge on any atom is -0.496 e. The van der Waals surface area contributed by atoms with Gasteiger partial charge in [0, 0.05) is 35.2 Å². The summed E-state index contributed by atoms with van der Waals surface area (Å²) in [6, 6.07) is 15.2. The fourth-order valence-corrected chi connectivity index (χ4v) is 5.01. The van der Waals surface area contributed by atoms with E-state index in [4.69, 9.17) is 26.2 Å². The molecule has 7 nitrogen and oxygen atoms in total. The summed E-state index contributed by atoms with van der Waals surface area (Å²) in [6.45, 7) is 4.32. The van der Waals surface area contributed by atoms with E-state index < -0.39 is 10.0 Å². The Hall–Kier alpha value is -3.07. The molecular formula is C25H25ClN2O5S. The summed E-state index contributed by atoms with van der Waals surface area (Å²) in [5.74, 6) is 1.85. The van der Waals surface area contributed by atoms with Crippen LogP contribution in [0.1, 0.15) is 29.0 Å². The molecule has 34 heavy (non-hydrogen) atoms. The van der Waals surface area contributed by atoms with Gasteiger partial charge < -0.3 is 14.4 Å². The molecule has 2 N–H and O–H groups in total. The van der Waals surface area contributed by atoms with Crippen molar-refractivity contribution in [3.05, 3.63) is 76.3 Å². The van der Waals surface area contributed by atoms with Gasteiger partial charge in [0.05, 0.1) is 12.0 Å². The van der Waals surface area contributed by atoms with E-state index in [9.17, 15) is 13.2 Å². The number of hydrogen-bond acceptors (Lipinski definition) is 5. The van der Waals surface area contributed by atoms with E-state index in [1.54, 1.807) is 36.3 Å². The van der Waals surface area contributed by atoms with E-state index in [2.05, 4.69) is 0 Å². The van der Waals surface area contributed by atoms with Gasteiger partial charge in [-0.2, -0.15) is 0 Å². The molecule has 1 atom stereocenters. The zero-order chi connectivity index (χ0) is 24.6. The number of nitrogens with zero attached hydrogens (tertiary/aromatic N) is 1. The Morgan fingerprint density at radius 3 is 2.26 bits per heavy atom. The average molecular weight is 501 g/mol. The van der Waals surface area contributed by atoms with E-state index in [0.717, 1.165) is 22.4 Å². The van der Waals surface area contributed by atoms with Gasteiger partial charge in [0.25, 0.3) is 0 Å². The summed E-state index contributed by atoms with van der Waals surface area (Å²) in [5, 5.41) is 5.70. The lowest BCUT2D eigenvalue weighted by Gasteiger charge is -2.19. The summed E-state index contributed by atoms with van der Waals surface area (Å²) in [4.78, 5) is 14.5. The molecule has 0 aliphatic carbocycles. The first-order valence-electron chi connectivity index (χ1n) is 10.6. The smallest absolute Gasteiger partial charge is 0.238 e. The van der Waals surface area contributed by atoms with Gasteiger partial charge in [-0.3, -0.25) is 4.79 Å². The van der Waals surface area contributed by atoms with Crippen molar-refractivity contribution in [1.29, 1.82) is 0 Å². The predicted octanol–water partition coefficient (Wildman–Crippen LogP) is 4.93. The lowest BCUT2D eigenvalue weighted by Crippen LogP contribution is -2.24. The fourth-order valence-electron chi connectivity index (χ4n) is 4.33. The zero-order valence-corrected chi connectivity index (χ0v) is 20.6. The Morgan fingerprint density at radius 1 is 1.03 bits per heavy atom. The molecule has 0 unspecified atom stereocenters. The number of carbonyl (C=O) groups is 1. The predicted molar refractivity (Wildman–Crippen MR) is 132 cm³/mol. The molecule has 178 valence electrons. The van der Waals surface area contributed by atoms with Gasteiger partial charge in [0.1, 0.15) is 17.2 Å². The van der Waals surface area contributed by atoms with Crippen molar-refractivity contribution >= 4 is 33.2 Å². The van der Waals surface area contributed by atoms with Gasteiger partial charge in [0.2, 0.25) is 15.9 Å². The average Bonchev–Trinajstić information content (AvgIpc) is 3.14. The Kier molecular flexibility index (Phi) is 6.58. The molecule has 0 aromatic heterocycles. The normalized spacial score (nSPS) is 16.1. The van der Waals surface area contributed by atoms with Gasteiger partial charge in [-0.25, -0.2) is 13.6 Å². The molecule has 3 aromatic rings. The van der Waals surface area contributed by atoms with Gasteiger partial charge in [0.15, 0.2) is 0 Å². The van der Waals surface area contributed by atoms with Crippen LogP contribution in [0.4, 0.5) is 5.69 Å². The quantitative estimate of drug-likeness (QED) is 0.517. The van der Waals surface area contributed by atoms with Crippen LogP contribution in [0.3, 0.4) is 0 Å². The lowest BCUT2D eigenvalue weighted by atomic mass is 9.97. The number of aryl methyl sites for hydroxylation is 2. The number of halogens is 1. The molecule has 0 radical (unpaired) electrons. The number of sulfonamides is 1. The van der Waals surface area contributed by atoms with Gasteiger partial charge >= 0.3 is 0 Å². The van der Waals surface area contributed by atoms with Crippen LogP contribution in [0.25, 0.3) is 0 Å². The van der Waals surface area contributed by atoms with E-state index in [0.29, 0.717) is 28.8 Å². The van der Waals surface area contributed by atoms with Crippen molar-refractivity contribution in [2.45, 2.75) is 31.1 Å². The number of methoxy groups -OCH3 is 1. The zero-order valence-electron chi connectivity index (χ0n) is 19.0. The van der Waals surface area contributed by atoms with E-state index in [-0.39, 0.29) is 23.1 Å². The highest BCUT2D eigenvalue weighted by atomic mass is 35.5. The summed E-state index contributed by atoms with van der Waals surface area (Å²) in [7, 11) is -2.17. The Morgan fingerprint density at radius 2 is 1.68 bits per heavy atom. The number of amides is 1. The highest BCUT2D eigenvalue weighted by Crippen LogP contribution is 2.40. The van der Waals surface area contributed by atoms with Crippen molar-refractivity contribution in [1.82, 2.24) is 0 Å². The summed E-state index contributed by atoms with van der Waals surface area (Å²) in [6.07, 6.45) is 0.287. The third-order valence-corrected chi connectivity index (χ3v) is 7.05. The third-order valence-electron chi connectivity index (χ3n) is 5.88. The third kappa shape index (κ3) is 4.89. The number of benzene rings is 3. The van der Waals surface area contributed by atoms with Crippen LogP contribution in [0.2, 0.25) is 5.02 Å². The maximum atomic E-state index is 12.8. The largest absolute Gasteiger partial charge is 0.496 e. The van der Waals surface area contributed by atoms with Crippen LogP contribution in [0, 0.1) is 13.8 Å². The second kappa shape index (κ2) is 9.29. The highest BCUT2D eigenvalue weighted by molar-refractivity contribution is 7.89. The van der Waals surface area contributed by atoms with E-state index in [1.165, 1.54) is 12.1 Å². The van der Waals surface area contributed by atoms with Crippen LogP contribution in [0.5, 0.6) is 17.2 Å². The number of rotatable bonds is 6. The Balaban J connectivity index is 1.61. The number of hydrogen-bond donors (Lipinski definition) is 1. The Labute approximate surface area is 204 Å². The summed E-state index contributed by atoms with van der Waals surface area (Å²) in [5.41, 5.74) is 3.38. The molecule has 3 aromatic carbocycles. The van der Waals surface area contributed by atoms with Crippen molar-refractivity contribution in [2.75, 3.05) is 18.6 Å². The maximum absolute atomic E-state index is 12.8. The lowest BCUT2D eigenvalue weighted by molar-refractivity contribution is -0.117. The molecule has 1 aliphatic heterocycles. The summed E-state index contributed by atoms with van der Waals surface area (Å²) >= 11 is 6.27. The van der Waals surface area contributed by atoms with Crippen LogP contribution in [-0.2, 0) is 14.8 Å². The molecule has 1 fully saturated rings. The maximum Gasteiger partial charge on any atom is 0.238 e. The van der Waals surface area contributed by atoms with Crippen molar-refractivity contribution in [2.24, 2.45) is 5.14 Å². The van der Waals surface area contributed by atoms with Crippen LogP contribution in [-0.4, -0.2) is 28.0 Å². The van der Waals surface area contributed by atoms with E-state index in [1.807, 2.05) is 32.0 Å². The van der Waals surface area contributed by atoms with Gasteiger partial charge in [-0.1, -0.05) is 17.7 Å². The monoisotopic (exact) mass is 500 g/mol. The topological polar surface area (TPSA) is 98.9 Å². The number of ether oxygens (including phenoxy) is 2. The van der Waals surface area contributed by atoms with Gasteiger partial charge in [-0.15, -0.1) is 0 Å². The number of nitrogens with two attached hydrogens (primary N) is 1. The Bertz CT molecular complexity index is 1330. The van der Waals surface area contributed by atoms with Crippen LogP contribution >= 0.6 is 11.6 Å². The molecule has 0 spiro atoms. The first-order valence-corrected chi connectivity index (χ1v) is 12.5. The molecule has 9 heteroatoms. The molecule has 1 saturated heterocycles. The SMILES string of the molecule is COc1c(C)cc(Oc2cc(Cl)ccc2[C@H]2CC(=O)N(c3ccc(S(N)(=O)=O)cc3)C2)cc1C. The number of anilines is 1. The molecule has 1 amide bonds. The van der Waals surface area contributed by atoms with Crippen LogP contribution in [0.15, 0.2) is 59.5 Å². The molecule has 1 heterocycles. The summed E-state index contributed by atoms with van der Waals surface area (Å²) < 4.78 is 34.7. The highest BCUT2D eigenvalue weighted by Gasteiger charge is 2.33. The molecule has 4 rings (SSSR count). The second-order valence-corrected chi connectivity index (χ2v) is 10.3. The first kappa shape index (κ1) is 24.1. The van der Waals surface area contributed by atoms with Crippen LogP contribution < -0.4 is 19.5 Å². The van der Waals surface area contributed by atoms with E-state index >= 15 is 0 Å². The minimum atomic E-state index is -3.80. The standard InChI is InChI=1S/C25H25ClN2O5S/c1-15-10-20(11-16(2)25(15)32-3)33-23-13-18(26)4-9-22(23)17-12-24(29)28(14-17)19-5-7-21(8-6-19)34(27,30)31/h4-11,13,17H,12,14H2,1-3H3,(H2,27,30,31)/t17-/m0/s1. The first-order chi connectivity index (χ1) is 16.1. The molecular weight excluding hydrogens is 476 g/mol. The van der Waals surface area contributed by atoms with Crippen molar-refractivity contribution in [3.63, 3.8) is 0 Å².